The van der Waals surface area contributed by atoms with Gasteiger partial charge < -0.3 is 10.5 Å². The molecule has 0 bridgehead atoms. The fraction of sp³-hybridized carbons (Fsp3) is 0.750. The first kappa shape index (κ1) is 16.4. The highest BCUT2D eigenvalue weighted by Crippen LogP contribution is 2.19. The zero-order valence-corrected chi connectivity index (χ0v) is 13.3. The number of nitrogens with zero attached hydrogens (tertiary/aromatic N) is 3. The lowest BCUT2D eigenvalue weighted by molar-refractivity contribution is 0.0272. The number of aryl methyl sites for hydroxylation is 2. The van der Waals surface area contributed by atoms with Gasteiger partial charge in [0.05, 0.1) is 24.6 Å². The molecule has 21 heavy (non-hydrogen) atoms. The summed E-state index contributed by atoms with van der Waals surface area (Å²) in [5.41, 5.74) is 6.64. The van der Waals surface area contributed by atoms with Gasteiger partial charge in [-0.2, -0.15) is 5.10 Å². The lowest BCUT2D eigenvalue weighted by Crippen LogP contribution is -2.48. The summed E-state index contributed by atoms with van der Waals surface area (Å²) in [5.74, 6) is 0. The van der Waals surface area contributed by atoms with Crippen LogP contribution in [0, 0.1) is 13.8 Å². The number of hydrogen-bond donors (Lipinski definition) is 2. The van der Waals surface area contributed by atoms with E-state index in [4.69, 9.17) is 10.5 Å². The first-order valence-electron chi connectivity index (χ1n) is 7.05. The molecule has 1 fully saturated rings. The van der Waals surface area contributed by atoms with Crippen molar-refractivity contribution in [2.45, 2.75) is 31.7 Å². The number of hydrogen-bond acceptors (Lipinski definition) is 6. The van der Waals surface area contributed by atoms with Crippen molar-refractivity contribution in [3.05, 3.63) is 11.4 Å². The number of morpholine rings is 1. The van der Waals surface area contributed by atoms with Crippen molar-refractivity contribution >= 4 is 10.0 Å². The maximum Gasteiger partial charge on any atom is 0.257 e. The molecule has 0 unspecified atom stereocenters. The SMILES string of the molecule is Cc1nn(CCCN)c(C)c1S(=O)(=O)NN1CCOCC1. The molecule has 1 aliphatic rings. The van der Waals surface area contributed by atoms with Crippen LogP contribution in [0.15, 0.2) is 4.90 Å². The van der Waals surface area contributed by atoms with Crippen molar-refractivity contribution in [2.75, 3.05) is 32.8 Å². The van der Waals surface area contributed by atoms with Crippen LogP contribution in [-0.4, -0.2) is 56.1 Å². The van der Waals surface area contributed by atoms with Gasteiger partial charge in [0.1, 0.15) is 4.90 Å². The first-order chi connectivity index (χ1) is 9.95. The highest BCUT2D eigenvalue weighted by molar-refractivity contribution is 7.89. The molecule has 0 atom stereocenters. The first-order valence-corrected chi connectivity index (χ1v) is 8.53. The Morgan fingerprint density at radius 2 is 2.00 bits per heavy atom. The van der Waals surface area contributed by atoms with Gasteiger partial charge in [-0.25, -0.2) is 13.4 Å². The molecule has 1 aromatic rings. The molecule has 1 aromatic heterocycles. The van der Waals surface area contributed by atoms with Crippen LogP contribution in [0.3, 0.4) is 0 Å². The summed E-state index contributed by atoms with van der Waals surface area (Å²) in [7, 11) is -3.62. The van der Waals surface area contributed by atoms with Gasteiger partial charge in [0.2, 0.25) is 0 Å². The molecular formula is C12H23N5O3S. The van der Waals surface area contributed by atoms with Gasteiger partial charge in [0.25, 0.3) is 10.0 Å². The van der Waals surface area contributed by atoms with E-state index in [1.165, 1.54) is 0 Å². The van der Waals surface area contributed by atoms with Crippen LogP contribution in [0.25, 0.3) is 0 Å². The summed E-state index contributed by atoms with van der Waals surface area (Å²) >= 11 is 0. The normalized spacial score (nSPS) is 17.3. The quantitative estimate of drug-likeness (QED) is 0.724. The Bertz CT molecular complexity index is 578. The van der Waals surface area contributed by atoms with Gasteiger partial charge in [0, 0.05) is 19.6 Å². The zero-order valence-electron chi connectivity index (χ0n) is 12.5. The largest absolute Gasteiger partial charge is 0.379 e. The second kappa shape index (κ2) is 6.84. The highest BCUT2D eigenvalue weighted by Gasteiger charge is 2.27. The van der Waals surface area contributed by atoms with E-state index in [9.17, 15) is 8.42 Å². The molecule has 2 heterocycles. The predicted octanol–water partition coefficient (Wildman–Crippen LogP) is -0.626. The third-order valence-corrected chi connectivity index (χ3v) is 5.05. The molecule has 1 saturated heterocycles. The van der Waals surface area contributed by atoms with Gasteiger partial charge in [-0.3, -0.25) is 4.68 Å². The number of nitrogens with two attached hydrogens (primary N) is 1. The van der Waals surface area contributed by atoms with Crippen LogP contribution in [-0.2, 0) is 21.3 Å². The number of rotatable bonds is 6. The van der Waals surface area contributed by atoms with Crippen molar-refractivity contribution in [1.82, 2.24) is 19.6 Å². The minimum absolute atomic E-state index is 0.256. The number of hydrazine groups is 1. The van der Waals surface area contributed by atoms with Crippen LogP contribution in [0.5, 0.6) is 0 Å². The minimum atomic E-state index is -3.62. The molecule has 8 nitrogen and oxygen atoms in total. The van der Waals surface area contributed by atoms with Crippen LogP contribution >= 0.6 is 0 Å². The fourth-order valence-electron chi connectivity index (χ4n) is 2.40. The molecule has 0 spiro atoms. The summed E-state index contributed by atoms with van der Waals surface area (Å²) in [5, 5.41) is 5.97. The van der Waals surface area contributed by atoms with Crippen molar-refractivity contribution in [3.8, 4) is 0 Å². The minimum Gasteiger partial charge on any atom is -0.379 e. The van der Waals surface area contributed by atoms with E-state index in [0.717, 1.165) is 6.42 Å². The average molecular weight is 317 g/mol. The molecule has 120 valence electrons. The Morgan fingerprint density at radius 3 is 2.62 bits per heavy atom. The summed E-state index contributed by atoms with van der Waals surface area (Å²) in [6, 6.07) is 0. The van der Waals surface area contributed by atoms with E-state index in [1.54, 1.807) is 23.5 Å². The maximum absolute atomic E-state index is 12.6. The van der Waals surface area contributed by atoms with Gasteiger partial charge in [-0.05, 0) is 26.8 Å². The van der Waals surface area contributed by atoms with E-state index in [2.05, 4.69) is 9.93 Å². The topological polar surface area (TPSA) is 102 Å². The molecule has 0 saturated carbocycles. The third kappa shape index (κ3) is 3.80. The predicted molar refractivity (Wildman–Crippen MR) is 78.1 cm³/mol. The third-order valence-electron chi connectivity index (χ3n) is 3.42. The second-order valence-electron chi connectivity index (χ2n) is 5.06. The summed E-state index contributed by atoms with van der Waals surface area (Å²) in [6.07, 6.45) is 0.762. The lowest BCUT2D eigenvalue weighted by atomic mass is 10.4. The van der Waals surface area contributed by atoms with Gasteiger partial charge in [-0.15, -0.1) is 4.83 Å². The zero-order chi connectivity index (χ0) is 15.5. The Hall–Kier alpha value is -1.00. The van der Waals surface area contributed by atoms with Gasteiger partial charge in [0.15, 0.2) is 0 Å². The van der Waals surface area contributed by atoms with Crippen molar-refractivity contribution < 1.29 is 13.2 Å². The standard InChI is InChI=1S/C12H23N5O3S/c1-10-12(11(2)17(14-10)5-3-4-13)21(18,19)15-16-6-8-20-9-7-16/h15H,3-9,13H2,1-2H3. The summed E-state index contributed by atoms with van der Waals surface area (Å²) in [6.45, 7) is 6.77. The molecular weight excluding hydrogens is 294 g/mol. The Morgan fingerprint density at radius 1 is 1.33 bits per heavy atom. The molecule has 3 N–H and O–H groups in total. The van der Waals surface area contributed by atoms with Crippen molar-refractivity contribution in [1.29, 1.82) is 0 Å². The van der Waals surface area contributed by atoms with E-state index < -0.39 is 10.0 Å². The average Bonchev–Trinajstić information content (AvgIpc) is 2.72. The number of nitrogens with one attached hydrogen (secondary N) is 1. The molecule has 0 amide bonds. The van der Waals surface area contributed by atoms with E-state index in [-0.39, 0.29) is 4.90 Å². The fourth-order valence-corrected chi connectivity index (χ4v) is 3.94. The molecule has 2 rings (SSSR count). The van der Waals surface area contributed by atoms with Gasteiger partial charge >= 0.3 is 0 Å². The van der Waals surface area contributed by atoms with Crippen LogP contribution < -0.4 is 10.6 Å². The Balaban J connectivity index is 2.20. The lowest BCUT2D eigenvalue weighted by Gasteiger charge is -2.26. The molecule has 0 radical (unpaired) electrons. The summed E-state index contributed by atoms with van der Waals surface area (Å²) < 4.78 is 32.0. The van der Waals surface area contributed by atoms with E-state index in [0.29, 0.717) is 50.8 Å². The number of aromatic nitrogens is 2. The van der Waals surface area contributed by atoms with Crippen molar-refractivity contribution in [3.63, 3.8) is 0 Å². The molecule has 9 heteroatoms. The molecule has 1 aliphatic heterocycles. The van der Waals surface area contributed by atoms with Crippen LogP contribution in [0.4, 0.5) is 0 Å². The Kier molecular flexibility index (Phi) is 5.33. The van der Waals surface area contributed by atoms with E-state index >= 15 is 0 Å². The van der Waals surface area contributed by atoms with Gasteiger partial charge in [-0.1, -0.05) is 0 Å². The monoisotopic (exact) mass is 317 g/mol. The highest BCUT2D eigenvalue weighted by atomic mass is 32.2. The maximum atomic E-state index is 12.6. The second-order valence-corrected chi connectivity index (χ2v) is 6.66. The molecule has 0 aliphatic carbocycles. The summed E-state index contributed by atoms with van der Waals surface area (Å²) in [4.78, 5) is 2.87. The smallest absolute Gasteiger partial charge is 0.257 e. The van der Waals surface area contributed by atoms with Crippen LogP contribution in [0.2, 0.25) is 0 Å². The van der Waals surface area contributed by atoms with Crippen molar-refractivity contribution in [2.24, 2.45) is 5.73 Å². The van der Waals surface area contributed by atoms with Crippen LogP contribution in [0.1, 0.15) is 17.8 Å². The number of ether oxygens (including phenoxy) is 1. The van der Waals surface area contributed by atoms with E-state index in [1.807, 2.05) is 0 Å². The number of sulfonamides is 1. The molecule has 0 aromatic carbocycles. The Labute approximate surface area is 125 Å².